The van der Waals surface area contributed by atoms with Crippen LogP contribution < -0.4 is 5.73 Å². The van der Waals surface area contributed by atoms with E-state index < -0.39 is 0 Å². The van der Waals surface area contributed by atoms with E-state index >= 15 is 0 Å². The Labute approximate surface area is 122 Å². The highest BCUT2D eigenvalue weighted by Crippen LogP contribution is 2.23. The van der Waals surface area contributed by atoms with Gasteiger partial charge in [0.25, 0.3) is 0 Å². The molecular weight excluding hydrogens is 248 g/mol. The SMILES string of the molecule is CCCN(C(=O)Cc1ccccc1)C1CCC(N)CC1. The molecule has 0 aliphatic heterocycles. The maximum absolute atomic E-state index is 12.6. The van der Waals surface area contributed by atoms with Crippen molar-refractivity contribution in [2.75, 3.05) is 6.54 Å². The van der Waals surface area contributed by atoms with Crippen LogP contribution in [0.1, 0.15) is 44.6 Å². The molecule has 1 saturated carbocycles. The smallest absolute Gasteiger partial charge is 0.227 e. The normalized spacial score (nSPS) is 22.5. The minimum absolute atomic E-state index is 0.263. The Morgan fingerprint density at radius 1 is 1.20 bits per heavy atom. The number of benzene rings is 1. The van der Waals surface area contributed by atoms with Gasteiger partial charge in [0.1, 0.15) is 0 Å². The van der Waals surface area contributed by atoms with Crippen molar-refractivity contribution >= 4 is 5.91 Å². The molecule has 20 heavy (non-hydrogen) atoms. The monoisotopic (exact) mass is 274 g/mol. The molecule has 3 heteroatoms. The highest BCUT2D eigenvalue weighted by molar-refractivity contribution is 5.79. The summed E-state index contributed by atoms with van der Waals surface area (Å²) < 4.78 is 0. The average Bonchev–Trinajstić information content (AvgIpc) is 2.47. The Morgan fingerprint density at radius 2 is 1.85 bits per heavy atom. The maximum atomic E-state index is 12.6. The number of nitrogens with two attached hydrogens (primary N) is 1. The summed E-state index contributed by atoms with van der Waals surface area (Å²) in [4.78, 5) is 14.7. The fourth-order valence-corrected chi connectivity index (χ4v) is 3.04. The van der Waals surface area contributed by atoms with E-state index in [4.69, 9.17) is 5.73 Å². The van der Waals surface area contributed by atoms with Crippen molar-refractivity contribution in [2.45, 2.75) is 57.5 Å². The molecule has 0 aromatic heterocycles. The molecule has 3 nitrogen and oxygen atoms in total. The van der Waals surface area contributed by atoms with Crippen LogP contribution >= 0.6 is 0 Å². The summed E-state index contributed by atoms with van der Waals surface area (Å²) >= 11 is 0. The quantitative estimate of drug-likeness (QED) is 0.897. The third kappa shape index (κ3) is 4.07. The Balaban J connectivity index is 1.98. The molecule has 0 atom stereocenters. The van der Waals surface area contributed by atoms with Crippen LogP contribution in [0.5, 0.6) is 0 Å². The Bertz CT molecular complexity index is 410. The summed E-state index contributed by atoms with van der Waals surface area (Å²) in [5.74, 6) is 0.263. The van der Waals surface area contributed by atoms with Gasteiger partial charge in [0.15, 0.2) is 0 Å². The number of rotatable bonds is 5. The molecule has 1 aromatic rings. The second kappa shape index (κ2) is 7.44. The van der Waals surface area contributed by atoms with Crippen LogP contribution in [0.3, 0.4) is 0 Å². The van der Waals surface area contributed by atoms with E-state index in [0.29, 0.717) is 18.5 Å². The predicted molar refractivity (Wildman–Crippen MR) is 82.4 cm³/mol. The summed E-state index contributed by atoms with van der Waals surface area (Å²) in [6, 6.07) is 10.8. The maximum Gasteiger partial charge on any atom is 0.227 e. The Hall–Kier alpha value is -1.35. The Morgan fingerprint density at radius 3 is 2.45 bits per heavy atom. The number of carbonyl (C=O) groups excluding carboxylic acids is 1. The molecule has 2 rings (SSSR count). The van der Waals surface area contributed by atoms with Crippen molar-refractivity contribution in [2.24, 2.45) is 5.73 Å². The minimum Gasteiger partial charge on any atom is -0.339 e. The van der Waals surface area contributed by atoms with E-state index in [9.17, 15) is 4.79 Å². The molecule has 0 radical (unpaired) electrons. The van der Waals surface area contributed by atoms with Gasteiger partial charge < -0.3 is 10.6 Å². The zero-order valence-electron chi connectivity index (χ0n) is 12.4. The van der Waals surface area contributed by atoms with E-state index in [1.807, 2.05) is 30.3 Å². The second-order valence-electron chi connectivity index (χ2n) is 5.82. The van der Waals surface area contributed by atoms with E-state index in [1.54, 1.807) is 0 Å². The van der Waals surface area contributed by atoms with Crippen LogP contribution in [0.15, 0.2) is 30.3 Å². The van der Waals surface area contributed by atoms with E-state index in [-0.39, 0.29) is 5.91 Å². The van der Waals surface area contributed by atoms with Crippen LogP contribution in [0, 0.1) is 0 Å². The lowest BCUT2D eigenvalue weighted by molar-refractivity contribution is -0.133. The first-order chi connectivity index (χ1) is 9.70. The fraction of sp³-hybridized carbons (Fsp3) is 0.588. The predicted octanol–water partition coefficient (Wildman–Crippen LogP) is 2.74. The van der Waals surface area contributed by atoms with Crippen LogP contribution in [-0.2, 0) is 11.2 Å². The summed E-state index contributed by atoms with van der Waals surface area (Å²) in [6.07, 6.45) is 5.74. The highest BCUT2D eigenvalue weighted by Gasteiger charge is 2.26. The van der Waals surface area contributed by atoms with E-state index in [2.05, 4.69) is 11.8 Å². The molecular formula is C17H26N2O. The Kier molecular flexibility index (Phi) is 5.60. The molecule has 110 valence electrons. The molecule has 2 N–H and O–H groups in total. The summed E-state index contributed by atoms with van der Waals surface area (Å²) in [5.41, 5.74) is 7.07. The van der Waals surface area contributed by atoms with Crippen molar-refractivity contribution in [3.8, 4) is 0 Å². The van der Waals surface area contributed by atoms with Gasteiger partial charge in [0, 0.05) is 18.6 Å². The first-order valence-electron chi connectivity index (χ1n) is 7.79. The number of hydrogen-bond acceptors (Lipinski definition) is 2. The van der Waals surface area contributed by atoms with Gasteiger partial charge in [-0.05, 0) is 37.7 Å². The van der Waals surface area contributed by atoms with Gasteiger partial charge in [-0.15, -0.1) is 0 Å². The molecule has 0 unspecified atom stereocenters. The van der Waals surface area contributed by atoms with Gasteiger partial charge in [-0.25, -0.2) is 0 Å². The molecule has 0 saturated heterocycles. The largest absolute Gasteiger partial charge is 0.339 e. The topological polar surface area (TPSA) is 46.3 Å². The number of nitrogens with zero attached hydrogens (tertiary/aromatic N) is 1. The van der Waals surface area contributed by atoms with Crippen LogP contribution in [0.4, 0.5) is 0 Å². The van der Waals surface area contributed by atoms with Crippen molar-refractivity contribution in [3.05, 3.63) is 35.9 Å². The number of amides is 1. The first kappa shape index (κ1) is 15.0. The third-order valence-electron chi connectivity index (χ3n) is 4.17. The number of hydrogen-bond donors (Lipinski definition) is 1. The molecule has 1 amide bonds. The van der Waals surface area contributed by atoms with Crippen LogP contribution in [-0.4, -0.2) is 29.4 Å². The molecule has 0 spiro atoms. The molecule has 1 fully saturated rings. The molecule has 1 aliphatic carbocycles. The molecule has 0 bridgehead atoms. The van der Waals surface area contributed by atoms with Crippen molar-refractivity contribution in [1.82, 2.24) is 4.90 Å². The van der Waals surface area contributed by atoms with Gasteiger partial charge in [0.05, 0.1) is 6.42 Å². The van der Waals surface area contributed by atoms with Gasteiger partial charge in [-0.1, -0.05) is 37.3 Å². The number of carbonyl (C=O) groups is 1. The van der Waals surface area contributed by atoms with Crippen molar-refractivity contribution in [1.29, 1.82) is 0 Å². The van der Waals surface area contributed by atoms with Gasteiger partial charge in [-0.3, -0.25) is 4.79 Å². The van der Waals surface area contributed by atoms with E-state index in [0.717, 1.165) is 44.2 Å². The van der Waals surface area contributed by atoms with Crippen molar-refractivity contribution < 1.29 is 4.79 Å². The lowest BCUT2D eigenvalue weighted by Gasteiger charge is -2.36. The average molecular weight is 274 g/mol. The van der Waals surface area contributed by atoms with Gasteiger partial charge in [-0.2, -0.15) is 0 Å². The first-order valence-corrected chi connectivity index (χ1v) is 7.79. The summed E-state index contributed by atoms with van der Waals surface area (Å²) in [6.45, 7) is 3.00. The zero-order valence-corrected chi connectivity index (χ0v) is 12.4. The standard InChI is InChI=1S/C17H26N2O/c1-2-12-19(16-10-8-15(18)9-11-16)17(20)13-14-6-4-3-5-7-14/h3-7,15-16H,2,8-13,18H2,1H3. The zero-order chi connectivity index (χ0) is 14.4. The molecule has 0 heterocycles. The third-order valence-corrected chi connectivity index (χ3v) is 4.17. The summed E-state index contributed by atoms with van der Waals surface area (Å²) in [5, 5.41) is 0. The lowest BCUT2D eigenvalue weighted by atomic mass is 9.90. The van der Waals surface area contributed by atoms with Gasteiger partial charge >= 0.3 is 0 Å². The lowest BCUT2D eigenvalue weighted by Crippen LogP contribution is -2.45. The second-order valence-corrected chi connectivity index (χ2v) is 5.82. The molecule has 1 aliphatic rings. The minimum atomic E-state index is 0.263. The fourth-order valence-electron chi connectivity index (χ4n) is 3.04. The van der Waals surface area contributed by atoms with Crippen LogP contribution in [0.2, 0.25) is 0 Å². The highest BCUT2D eigenvalue weighted by atomic mass is 16.2. The summed E-state index contributed by atoms with van der Waals surface area (Å²) in [7, 11) is 0. The van der Waals surface area contributed by atoms with Gasteiger partial charge in [0.2, 0.25) is 5.91 Å². The van der Waals surface area contributed by atoms with Crippen LogP contribution in [0.25, 0.3) is 0 Å². The van der Waals surface area contributed by atoms with E-state index in [1.165, 1.54) is 0 Å². The van der Waals surface area contributed by atoms with Crippen molar-refractivity contribution in [3.63, 3.8) is 0 Å². The molecule has 1 aromatic carbocycles.